The number of aryl methyl sites for hydroxylation is 1. The van der Waals surface area contributed by atoms with E-state index >= 15 is 0 Å². The second-order valence-corrected chi connectivity index (χ2v) is 6.48. The van der Waals surface area contributed by atoms with Crippen molar-refractivity contribution in [2.75, 3.05) is 0 Å². The lowest BCUT2D eigenvalue weighted by atomic mass is 9.99. The Labute approximate surface area is 123 Å². The maximum Gasteiger partial charge on any atom is 0.149 e. The van der Waals surface area contributed by atoms with Gasteiger partial charge in [0.25, 0.3) is 0 Å². The SMILES string of the molecule is CC(C#N)(CCn1ccnc1-c1cccs1)NC1CC1. The molecular formula is C15H18N4S. The molecule has 2 aromatic heterocycles. The number of nitrogens with one attached hydrogen (secondary N) is 1. The van der Waals surface area contributed by atoms with E-state index < -0.39 is 5.54 Å². The fraction of sp³-hybridized carbons (Fsp3) is 0.467. The topological polar surface area (TPSA) is 53.6 Å². The van der Waals surface area contributed by atoms with Crippen molar-refractivity contribution in [3.05, 3.63) is 29.9 Å². The first-order chi connectivity index (χ1) is 9.70. The van der Waals surface area contributed by atoms with Gasteiger partial charge in [-0.2, -0.15) is 5.26 Å². The van der Waals surface area contributed by atoms with E-state index in [0.29, 0.717) is 6.04 Å². The Balaban J connectivity index is 1.69. The zero-order chi connectivity index (χ0) is 14.0. The molecule has 1 atom stereocenters. The lowest BCUT2D eigenvalue weighted by molar-refractivity contribution is 0.390. The van der Waals surface area contributed by atoms with E-state index in [2.05, 4.69) is 32.4 Å². The molecule has 0 amide bonds. The Bertz CT molecular complexity index is 606. The van der Waals surface area contributed by atoms with Gasteiger partial charge in [0.2, 0.25) is 0 Å². The summed E-state index contributed by atoms with van der Waals surface area (Å²) < 4.78 is 2.13. The van der Waals surface area contributed by atoms with Crippen LogP contribution in [0.15, 0.2) is 29.9 Å². The maximum absolute atomic E-state index is 9.41. The van der Waals surface area contributed by atoms with Crippen molar-refractivity contribution in [2.24, 2.45) is 0 Å². The van der Waals surface area contributed by atoms with Crippen LogP contribution < -0.4 is 5.32 Å². The Morgan fingerprint density at radius 3 is 3.10 bits per heavy atom. The molecule has 2 heterocycles. The largest absolute Gasteiger partial charge is 0.330 e. The molecule has 20 heavy (non-hydrogen) atoms. The fourth-order valence-electron chi connectivity index (χ4n) is 2.30. The second kappa shape index (κ2) is 5.39. The van der Waals surface area contributed by atoms with E-state index in [1.807, 2.05) is 25.4 Å². The number of rotatable bonds is 6. The molecule has 0 aromatic carbocycles. The van der Waals surface area contributed by atoms with Crippen LogP contribution in [0, 0.1) is 11.3 Å². The summed E-state index contributed by atoms with van der Waals surface area (Å²) >= 11 is 1.69. The first-order valence-electron chi connectivity index (χ1n) is 6.94. The van der Waals surface area contributed by atoms with Gasteiger partial charge in [0.05, 0.1) is 10.9 Å². The van der Waals surface area contributed by atoms with Gasteiger partial charge in [0, 0.05) is 25.0 Å². The summed E-state index contributed by atoms with van der Waals surface area (Å²) in [6.07, 6.45) is 7.00. The standard InChI is InChI=1S/C15H18N4S/c1-15(11-16,18-12-4-5-12)6-8-19-9-7-17-14(19)13-3-2-10-20-13/h2-3,7,9-10,12,18H,4-6,8H2,1H3. The minimum absolute atomic E-state index is 0.446. The minimum Gasteiger partial charge on any atom is -0.330 e. The van der Waals surface area contributed by atoms with E-state index in [1.54, 1.807) is 11.3 Å². The van der Waals surface area contributed by atoms with Crippen LogP contribution >= 0.6 is 11.3 Å². The summed E-state index contributed by atoms with van der Waals surface area (Å²) in [5.74, 6) is 0.992. The smallest absolute Gasteiger partial charge is 0.149 e. The van der Waals surface area contributed by atoms with Crippen LogP contribution in [0.25, 0.3) is 10.7 Å². The van der Waals surface area contributed by atoms with Gasteiger partial charge in [-0.3, -0.25) is 5.32 Å². The first-order valence-corrected chi connectivity index (χ1v) is 7.82. The van der Waals surface area contributed by atoms with Gasteiger partial charge in [-0.1, -0.05) is 6.07 Å². The molecule has 0 spiro atoms. The molecule has 2 aromatic rings. The van der Waals surface area contributed by atoms with Crippen molar-refractivity contribution >= 4 is 11.3 Å². The number of aromatic nitrogens is 2. The monoisotopic (exact) mass is 286 g/mol. The van der Waals surface area contributed by atoms with Gasteiger partial charge in [0.15, 0.2) is 0 Å². The molecule has 1 N–H and O–H groups in total. The molecule has 3 rings (SSSR count). The van der Waals surface area contributed by atoms with Gasteiger partial charge >= 0.3 is 0 Å². The van der Waals surface area contributed by atoms with Crippen molar-refractivity contribution in [1.82, 2.24) is 14.9 Å². The average Bonchev–Trinajstić information content (AvgIpc) is 2.97. The van der Waals surface area contributed by atoms with E-state index in [1.165, 1.54) is 17.7 Å². The summed E-state index contributed by atoms with van der Waals surface area (Å²) in [6.45, 7) is 2.80. The third kappa shape index (κ3) is 2.92. The first kappa shape index (κ1) is 13.3. The molecule has 0 aliphatic heterocycles. The van der Waals surface area contributed by atoms with Crippen molar-refractivity contribution in [2.45, 2.75) is 44.3 Å². The number of thiophene rings is 1. The van der Waals surface area contributed by atoms with Gasteiger partial charge in [-0.05, 0) is 37.6 Å². The summed E-state index contributed by atoms with van der Waals surface area (Å²) in [4.78, 5) is 5.60. The summed E-state index contributed by atoms with van der Waals surface area (Å²) in [7, 11) is 0. The lowest BCUT2D eigenvalue weighted by Gasteiger charge is -2.23. The number of imidazole rings is 1. The van der Waals surface area contributed by atoms with Crippen LogP contribution in [0.1, 0.15) is 26.2 Å². The van der Waals surface area contributed by atoms with Gasteiger partial charge in [0.1, 0.15) is 11.4 Å². The molecule has 1 fully saturated rings. The molecule has 1 saturated carbocycles. The van der Waals surface area contributed by atoms with Crippen LogP contribution in [-0.4, -0.2) is 21.1 Å². The van der Waals surface area contributed by atoms with E-state index in [-0.39, 0.29) is 0 Å². The molecule has 1 aliphatic rings. The summed E-state index contributed by atoms with van der Waals surface area (Å²) in [5, 5.41) is 14.9. The van der Waals surface area contributed by atoms with Crippen molar-refractivity contribution < 1.29 is 0 Å². The zero-order valence-corrected chi connectivity index (χ0v) is 12.4. The van der Waals surface area contributed by atoms with E-state index in [9.17, 15) is 5.26 Å². The Morgan fingerprint density at radius 1 is 1.60 bits per heavy atom. The number of nitrogens with zero attached hydrogens (tertiary/aromatic N) is 3. The molecule has 0 saturated heterocycles. The quantitative estimate of drug-likeness (QED) is 0.888. The number of hydrogen-bond acceptors (Lipinski definition) is 4. The normalized spacial score (nSPS) is 17.6. The molecule has 4 nitrogen and oxygen atoms in total. The van der Waals surface area contributed by atoms with Gasteiger partial charge < -0.3 is 4.57 Å². The predicted octanol–water partition coefficient (Wildman–Crippen LogP) is 3.04. The van der Waals surface area contributed by atoms with Crippen LogP contribution in [0.5, 0.6) is 0 Å². The maximum atomic E-state index is 9.41. The highest BCUT2D eigenvalue weighted by Gasteiger charge is 2.32. The lowest BCUT2D eigenvalue weighted by Crippen LogP contribution is -2.43. The highest BCUT2D eigenvalue weighted by atomic mass is 32.1. The van der Waals surface area contributed by atoms with Crippen molar-refractivity contribution in [1.29, 1.82) is 5.26 Å². The molecule has 5 heteroatoms. The minimum atomic E-state index is -0.446. The summed E-state index contributed by atoms with van der Waals surface area (Å²) in [6, 6.07) is 7.08. The average molecular weight is 286 g/mol. The van der Waals surface area contributed by atoms with Crippen molar-refractivity contribution in [3.63, 3.8) is 0 Å². The molecule has 0 bridgehead atoms. The van der Waals surface area contributed by atoms with Crippen LogP contribution in [-0.2, 0) is 6.54 Å². The highest BCUT2D eigenvalue weighted by Crippen LogP contribution is 2.26. The fourth-order valence-corrected chi connectivity index (χ4v) is 3.04. The third-order valence-electron chi connectivity index (χ3n) is 3.66. The van der Waals surface area contributed by atoms with Crippen LogP contribution in [0.2, 0.25) is 0 Å². The highest BCUT2D eigenvalue weighted by molar-refractivity contribution is 7.13. The number of nitriles is 1. The molecule has 1 unspecified atom stereocenters. The third-order valence-corrected chi connectivity index (χ3v) is 4.52. The van der Waals surface area contributed by atoms with Gasteiger partial charge in [-0.25, -0.2) is 4.98 Å². The summed E-state index contributed by atoms with van der Waals surface area (Å²) in [5.41, 5.74) is -0.446. The van der Waals surface area contributed by atoms with E-state index in [4.69, 9.17) is 0 Å². The van der Waals surface area contributed by atoms with Crippen molar-refractivity contribution in [3.8, 4) is 16.8 Å². The predicted molar refractivity (Wildman–Crippen MR) is 80.3 cm³/mol. The Kier molecular flexibility index (Phi) is 3.60. The van der Waals surface area contributed by atoms with Gasteiger partial charge in [-0.15, -0.1) is 11.3 Å². The molecular weight excluding hydrogens is 268 g/mol. The van der Waals surface area contributed by atoms with E-state index in [0.717, 1.165) is 18.8 Å². The Morgan fingerprint density at radius 2 is 2.45 bits per heavy atom. The van der Waals surface area contributed by atoms with Crippen LogP contribution in [0.4, 0.5) is 0 Å². The second-order valence-electron chi connectivity index (χ2n) is 5.53. The molecule has 0 radical (unpaired) electrons. The Hall–Kier alpha value is -1.64. The number of hydrogen-bond donors (Lipinski definition) is 1. The van der Waals surface area contributed by atoms with Crippen LogP contribution in [0.3, 0.4) is 0 Å². The molecule has 104 valence electrons. The zero-order valence-electron chi connectivity index (χ0n) is 11.5. The molecule has 1 aliphatic carbocycles.